The van der Waals surface area contributed by atoms with Gasteiger partial charge in [0, 0.05) is 27.1 Å². The van der Waals surface area contributed by atoms with Crippen molar-refractivity contribution in [2.75, 3.05) is 26.7 Å². The monoisotopic (exact) mass is 214 g/mol. The zero-order valence-corrected chi connectivity index (χ0v) is 10.7. The van der Waals surface area contributed by atoms with E-state index in [4.69, 9.17) is 0 Å². The molecule has 1 atom stereocenters. The van der Waals surface area contributed by atoms with Crippen LogP contribution in [-0.4, -0.2) is 37.5 Å². The standard InChI is InChI=1S/C12H26N2O/c1-5-11(2)7-6-8-13-9-10-14(4)12(3)15/h11,13H,5-10H2,1-4H3. The fourth-order valence-electron chi connectivity index (χ4n) is 1.31. The van der Waals surface area contributed by atoms with Gasteiger partial charge in [-0.1, -0.05) is 20.3 Å². The minimum atomic E-state index is 0.136. The fourth-order valence-corrected chi connectivity index (χ4v) is 1.31. The molecule has 0 saturated carbocycles. The molecule has 0 radical (unpaired) electrons. The molecule has 0 aromatic rings. The van der Waals surface area contributed by atoms with Crippen molar-refractivity contribution in [2.24, 2.45) is 5.92 Å². The number of nitrogens with zero attached hydrogens (tertiary/aromatic N) is 1. The summed E-state index contributed by atoms with van der Waals surface area (Å²) in [5, 5.41) is 3.36. The van der Waals surface area contributed by atoms with Gasteiger partial charge in [0.15, 0.2) is 0 Å². The summed E-state index contributed by atoms with van der Waals surface area (Å²) in [4.78, 5) is 12.6. The van der Waals surface area contributed by atoms with Crippen LogP contribution in [0.3, 0.4) is 0 Å². The van der Waals surface area contributed by atoms with Gasteiger partial charge in [-0.25, -0.2) is 0 Å². The Kier molecular flexibility index (Phi) is 8.38. The van der Waals surface area contributed by atoms with Crippen molar-refractivity contribution in [3.8, 4) is 0 Å². The Labute approximate surface area is 94.2 Å². The van der Waals surface area contributed by atoms with Crippen molar-refractivity contribution >= 4 is 5.91 Å². The van der Waals surface area contributed by atoms with Crippen LogP contribution in [0.25, 0.3) is 0 Å². The van der Waals surface area contributed by atoms with Crippen LogP contribution >= 0.6 is 0 Å². The lowest BCUT2D eigenvalue weighted by molar-refractivity contribution is -0.127. The van der Waals surface area contributed by atoms with Crippen molar-refractivity contribution in [1.82, 2.24) is 10.2 Å². The number of amides is 1. The highest BCUT2D eigenvalue weighted by Crippen LogP contribution is 2.07. The second-order valence-corrected chi connectivity index (χ2v) is 4.35. The second kappa shape index (κ2) is 8.72. The Bertz CT molecular complexity index is 171. The Morgan fingerprint density at radius 1 is 1.40 bits per heavy atom. The molecule has 0 spiro atoms. The smallest absolute Gasteiger partial charge is 0.219 e. The molecule has 0 rings (SSSR count). The van der Waals surface area contributed by atoms with Gasteiger partial charge in [0.25, 0.3) is 0 Å². The van der Waals surface area contributed by atoms with Gasteiger partial charge >= 0.3 is 0 Å². The van der Waals surface area contributed by atoms with Crippen LogP contribution in [0.1, 0.15) is 40.0 Å². The summed E-state index contributed by atoms with van der Waals surface area (Å²) in [6, 6.07) is 0. The Morgan fingerprint density at radius 2 is 2.07 bits per heavy atom. The Hall–Kier alpha value is -0.570. The van der Waals surface area contributed by atoms with E-state index < -0.39 is 0 Å². The topological polar surface area (TPSA) is 32.3 Å². The van der Waals surface area contributed by atoms with Gasteiger partial charge in [0.05, 0.1) is 0 Å². The molecule has 3 nitrogen and oxygen atoms in total. The highest BCUT2D eigenvalue weighted by Gasteiger charge is 2.00. The summed E-state index contributed by atoms with van der Waals surface area (Å²) in [5.74, 6) is 0.975. The van der Waals surface area contributed by atoms with Gasteiger partial charge < -0.3 is 10.2 Å². The molecule has 90 valence electrons. The maximum atomic E-state index is 10.9. The molecule has 0 aromatic carbocycles. The van der Waals surface area contributed by atoms with Crippen molar-refractivity contribution < 1.29 is 4.79 Å². The molecule has 0 fully saturated rings. The molecular weight excluding hydrogens is 188 g/mol. The van der Waals surface area contributed by atoms with Gasteiger partial charge in [-0.15, -0.1) is 0 Å². The van der Waals surface area contributed by atoms with Gasteiger partial charge in [-0.3, -0.25) is 4.79 Å². The largest absolute Gasteiger partial charge is 0.345 e. The molecule has 0 bridgehead atoms. The number of carbonyl (C=O) groups is 1. The van der Waals surface area contributed by atoms with E-state index in [1.54, 1.807) is 11.8 Å². The van der Waals surface area contributed by atoms with E-state index in [-0.39, 0.29) is 5.91 Å². The van der Waals surface area contributed by atoms with E-state index in [1.165, 1.54) is 19.3 Å². The summed E-state index contributed by atoms with van der Waals surface area (Å²) < 4.78 is 0. The lowest BCUT2D eigenvalue weighted by Gasteiger charge is -2.15. The summed E-state index contributed by atoms with van der Waals surface area (Å²) >= 11 is 0. The van der Waals surface area contributed by atoms with E-state index >= 15 is 0 Å². The summed E-state index contributed by atoms with van der Waals surface area (Å²) in [6.45, 7) is 8.90. The second-order valence-electron chi connectivity index (χ2n) is 4.35. The Morgan fingerprint density at radius 3 is 2.60 bits per heavy atom. The molecule has 0 aliphatic carbocycles. The highest BCUT2D eigenvalue weighted by molar-refractivity contribution is 5.72. The van der Waals surface area contributed by atoms with Crippen LogP contribution in [0.5, 0.6) is 0 Å². The van der Waals surface area contributed by atoms with Crippen LogP contribution in [0, 0.1) is 5.92 Å². The average Bonchev–Trinajstić information content (AvgIpc) is 2.22. The van der Waals surface area contributed by atoms with Crippen molar-refractivity contribution in [3.05, 3.63) is 0 Å². The molecule has 0 aliphatic heterocycles. The van der Waals surface area contributed by atoms with Gasteiger partial charge in [-0.05, 0) is 25.3 Å². The van der Waals surface area contributed by atoms with Crippen molar-refractivity contribution in [1.29, 1.82) is 0 Å². The van der Waals surface area contributed by atoms with Gasteiger partial charge in [0.1, 0.15) is 0 Å². The summed E-state index contributed by atoms with van der Waals surface area (Å²) in [7, 11) is 1.84. The summed E-state index contributed by atoms with van der Waals surface area (Å²) in [5.41, 5.74) is 0. The third kappa shape index (κ3) is 8.43. The van der Waals surface area contributed by atoms with E-state index in [0.717, 1.165) is 25.6 Å². The molecule has 1 unspecified atom stereocenters. The number of nitrogens with one attached hydrogen (secondary N) is 1. The minimum Gasteiger partial charge on any atom is -0.345 e. The van der Waals surface area contributed by atoms with Gasteiger partial charge in [-0.2, -0.15) is 0 Å². The molecule has 0 heterocycles. The van der Waals surface area contributed by atoms with Crippen LogP contribution in [0.4, 0.5) is 0 Å². The van der Waals surface area contributed by atoms with Crippen LogP contribution in [0.2, 0.25) is 0 Å². The number of carbonyl (C=O) groups excluding carboxylic acids is 1. The molecule has 1 amide bonds. The molecule has 1 N–H and O–H groups in total. The molecular formula is C12H26N2O. The zero-order chi connectivity index (χ0) is 11.7. The first-order valence-corrected chi connectivity index (χ1v) is 6.00. The highest BCUT2D eigenvalue weighted by atomic mass is 16.2. The number of hydrogen-bond donors (Lipinski definition) is 1. The molecule has 3 heteroatoms. The molecule has 0 saturated heterocycles. The van der Waals surface area contributed by atoms with E-state index in [1.807, 2.05) is 7.05 Å². The number of hydrogen-bond acceptors (Lipinski definition) is 2. The SMILES string of the molecule is CCC(C)CCCNCCN(C)C(C)=O. The fraction of sp³-hybridized carbons (Fsp3) is 0.917. The molecule has 0 aliphatic rings. The minimum absolute atomic E-state index is 0.136. The predicted octanol–water partition coefficient (Wildman–Crippen LogP) is 1.88. The predicted molar refractivity (Wildman–Crippen MR) is 64.9 cm³/mol. The van der Waals surface area contributed by atoms with Crippen LogP contribution in [-0.2, 0) is 4.79 Å². The molecule has 0 aromatic heterocycles. The number of rotatable bonds is 8. The molecule has 15 heavy (non-hydrogen) atoms. The average molecular weight is 214 g/mol. The van der Waals surface area contributed by atoms with Crippen molar-refractivity contribution in [3.63, 3.8) is 0 Å². The third-order valence-corrected chi connectivity index (χ3v) is 2.91. The normalized spacial score (nSPS) is 12.5. The number of likely N-dealkylation sites (N-methyl/N-ethyl adjacent to an activating group) is 1. The maximum absolute atomic E-state index is 10.9. The Balaban J connectivity index is 3.21. The first kappa shape index (κ1) is 14.4. The van der Waals surface area contributed by atoms with Crippen LogP contribution in [0.15, 0.2) is 0 Å². The van der Waals surface area contributed by atoms with Crippen LogP contribution < -0.4 is 5.32 Å². The summed E-state index contributed by atoms with van der Waals surface area (Å²) in [6.07, 6.45) is 3.80. The van der Waals surface area contributed by atoms with Crippen molar-refractivity contribution in [2.45, 2.75) is 40.0 Å². The van der Waals surface area contributed by atoms with E-state index in [2.05, 4.69) is 19.2 Å². The van der Waals surface area contributed by atoms with E-state index in [0.29, 0.717) is 0 Å². The maximum Gasteiger partial charge on any atom is 0.219 e. The van der Waals surface area contributed by atoms with Gasteiger partial charge in [0.2, 0.25) is 5.91 Å². The van der Waals surface area contributed by atoms with E-state index in [9.17, 15) is 4.79 Å². The zero-order valence-electron chi connectivity index (χ0n) is 10.7. The quantitative estimate of drug-likeness (QED) is 0.626. The third-order valence-electron chi connectivity index (χ3n) is 2.91. The first-order valence-electron chi connectivity index (χ1n) is 6.00. The lowest BCUT2D eigenvalue weighted by Crippen LogP contribution is -2.32. The first-order chi connectivity index (χ1) is 7.07. The lowest BCUT2D eigenvalue weighted by atomic mass is 10.0.